The minimum atomic E-state index is -3.64. The molecule has 2 aromatic heterocycles. The maximum absolute atomic E-state index is 15.4. The van der Waals surface area contributed by atoms with Crippen LogP contribution in [-0.4, -0.2) is 78.7 Å². The molecule has 0 aliphatic carbocycles. The van der Waals surface area contributed by atoms with E-state index in [4.69, 9.17) is 16.3 Å². The largest absolute Gasteiger partial charge is 0.389 e. The Morgan fingerprint density at radius 1 is 1.23 bits per heavy atom. The molecular weight excluding hydrogens is 563 g/mol. The third-order valence-electron chi connectivity index (χ3n) is 7.37. The van der Waals surface area contributed by atoms with Crippen molar-refractivity contribution in [2.75, 3.05) is 11.9 Å². The highest BCUT2D eigenvalue weighted by molar-refractivity contribution is 7.89. The standard InChI is InChI=1S/C26H34ClFN6O5S/c1-12(2)33-18-8-14(7-16(28)22(18)31-24(33)26(5,6)36)21-15(27)10-29-25(32-21)30-17-9-20-34(40(37,38)13(3)4)19(11-39-20)23(17)35/h7-8,10,12-13,17,19-20,23,35-36H,9,11H2,1-6H3,(H,29,30,32)/t17-,19+,20-,23+/m1/s1. The van der Waals surface area contributed by atoms with E-state index in [1.807, 2.05) is 13.8 Å². The quantitative estimate of drug-likeness (QED) is 0.374. The Bertz CT molecular complexity index is 1560. The van der Waals surface area contributed by atoms with Gasteiger partial charge in [0.15, 0.2) is 5.82 Å². The van der Waals surface area contributed by atoms with Crippen LogP contribution >= 0.6 is 11.6 Å². The number of piperidine rings is 1. The van der Waals surface area contributed by atoms with Crippen LogP contribution < -0.4 is 5.32 Å². The molecule has 1 aromatic carbocycles. The molecule has 4 heterocycles. The summed E-state index contributed by atoms with van der Waals surface area (Å²) in [6.45, 7) is 10.3. The summed E-state index contributed by atoms with van der Waals surface area (Å²) in [7, 11) is -3.64. The Morgan fingerprint density at radius 2 is 1.93 bits per heavy atom. The van der Waals surface area contributed by atoms with Crippen molar-refractivity contribution in [2.45, 2.75) is 89.3 Å². The maximum atomic E-state index is 15.4. The van der Waals surface area contributed by atoms with E-state index in [0.717, 1.165) is 0 Å². The van der Waals surface area contributed by atoms with Gasteiger partial charge in [0, 0.05) is 18.0 Å². The number of anilines is 1. The summed E-state index contributed by atoms with van der Waals surface area (Å²) < 4.78 is 49.8. The van der Waals surface area contributed by atoms with Gasteiger partial charge in [0.25, 0.3) is 0 Å². The molecule has 40 heavy (non-hydrogen) atoms. The van der Waals surface area contributed by atoms with Crippen molar-refractivity contribution in [3.63, 3.8) is 0 Å². The molecule has 2 saturated heterocycles. The molecule has 3 aromatic rings. The second kappa shape index (κ2) is 10.1. The lowest BCUT2D eigenvalue weighted by atomic mass is 9.97. The molecule has 4 atom stereocenters. The van der Waals surface area contributed by atoms with Gasteiger partial charge >= 0.3 is 0 Å². The number of hydrogen-bond acceptors (Lipinski definition) is 9. The number of nitrogens with one attached hydrogen (secondary N) is 1. The van der Waals surface area contributed by atoms with Crippen molar-refractivity contribution >= 4 is 38.6 Å². The number of aliphatic hydroxyl groups is 2. The smallest absolute Gasteiger partial charge is 0.223 e. The molecule has 0 radical (unpaired) electrons. The Morgan fingerprint density at radius 3 is 2.55 bits per heavy atom. The molecule has 0 saturated carbocycles. The number of rotatable bonds is 7. The van der Waals surface area contributed by atoms with Gasteiger partial charge < -0.3 is 24.8 Å². The topological polar surface area (TPSA) is 143 Å². The zero-order chi connectivity index (χ0) is 29.3. The lowest BCUT2D eigenvalue weighted by Gasteiger charge is -2.40. The van der Waals surface area contributed by atoms with Crippen LogP contribution in [0, 0.1) is 5.82 Å². The van der Waals surface area contributed by atoms with E-state index in [1.165, 1.54) is 16.6 Å². The number of hydrogen-bond donors (Lipinski definition) is 3. The molecule has 0 unspecified atom stereocenters. The second-order valence-corrected chi connectivity index (χ2v) is 14.2. The normalized spacial score (nSPS) is 24.0. The van der Waals surface area contributed by atoms with Gasteiger partial charge in [-0.3, -0.25) is 0 Å². The van der Waals surface area contributed by atoms with Gasteiger partial charge in [0.05, 0.1) is 52.5 Å². The number of halogens is 2. The van der Waals surface area contributed by atoms with Crippen molar-refractivity contribution in [3.05, 3.63) is 35.0 Å². The van der Waals surface area contributed by atoms with Crippen LogP contribution in [0.1, 0.15) is 59.8 Å². The fourth-order valence-corrected chi connectivity index (χ4v) is 7.13. The van der Waals surface area contributed by atoms with Crippen LogP contribution in [0.5, 0.6) is 0 Å². The molecule has 11 nitrogen and oxygen atoms in total. The summed E-state index contributed by atoms with van der Waals surface area (Å²) in [6.07, 6.45) is -0.238. The van der Waals surface area contributed by atoms with Crippen molar-refractivity contribution in [1.29, 1.82) is 0 Å². The van der Waals surface area contributed by atoms with Gasteiger partial charge in [-0.05, 0) is 53.7 Å². The number of nitrogens with zero attached hydrogens (tertiary/aromatic N) is 5. The predicted octanol–water partition coefficient (Wildman–Crippen LogP) is 3.40. The van der Waals surface area contributed by atoms with Gasteiger partial charge in [0.2, 0.25) is 16.0 Å². The van der Waals surface area contributed by atoms with Crippen LogP contribution in [0.4, 0.5) is 10.3 Å². The highest BCUT2D eigenvalue weighted by Gasteiger charge is 2.53. The number of aliphatic hydroxyl groups excluding tert-OH is 1. The fraction of sp³-hybridized carbons (Fsp3) is 0.577. The molecular formula is C26H34ClFN6O5S. The van der Waals surface area contributed by atoms with Crippen LogP contribution in [0.25, 0.3) is 22.3 Å². The SMILES string of the molecule is CC(C)n1c(C(C)(C)O)nc2c(F)cc(-c3nc(N[C@@H]4C[C@H]5OC[C@@H]([C@H]4O)N5S(=O)(=O)C(C)C)ncc3Cl)cc21. The predicted molar refractivity (Wildman–Crippen MR) is 149 cm³/mol. The second-order valence-electron chi connectivity index (χ2n) is 11.4. The van der Waals surface area contributed by atoms with Crippen molar-refractivity contribution in [2.24, 2.45) is 0 Å². The molecule has 2 aliphatic rings. The van der Waals surface area contributed by atoms with Crippen molar-refractivity contribution in [1.82, 2.24) is 23.8 Å². The van der Waals surface area contributed by atoms with Gasteiger partial charge in [0.1, 0.15) is 23.2 Å². The molecule has 5 rings (SSSR count). The molecule has 14 heteroatoms. The molecule has 0 spiro atoms. The number of ether oxygens (including phenoxy) is 1. The van der Waals surface area contributed by atoms with E-state index < -0.39 is 51.1 Å². The van der Waals surface area contributed by atoms with E-state index in [2.05, 4.69) is 20.3 Å². The number of sulfonamides is 1. The molecule has 218 valence electrons. The Balaban J connectivity index is 1.49. The fourth-order valence-electron chi connectivity index (χ4n) is 5.41. The minimum absolute atomic E-state index is 0.0815. The van der Waals surface area contributed by atoms with Crippen LogP contribution in [-0.2, 0) is 20.4 Å². The summed E-state index contributed by atoms with van der Waals surface area (Å²) in [5.74, 6) is -0.121. The van der Waals surface area contributed by atoms with Crippen LogP contribution in [0.2, 0.25) is 5.02 Å². The Hall–Kier alpha value is -2.42. The van der Waals surface area contributed by atoms with E-state index >= 15 is 4.39 Å². The lowest BCUT2D eigenvalue weighted by molar-refractivity contribution is 0.0125. The number of fused-ring (bicyclic) bond motifs is 3. The third kappa shape index (κ3) is 4.86. The highest BCUT2D eigenvalue weighted by Crippen LogP contribution is 2.37. The first-order chi connectivity index (χ1) is 18.6. The van der Waals surface area contributed by atoms with Gasteiger partial charge in [-0.15, -0.1) is 0 Å². The van der Waals surface area contributed by atoms with Gasteiger partial charge in [-0.2, -0.15) is 4.31 Å². The molecule has 2 fully saturated rings. The number of imidazole rings is 1. The lowest BCUT2D eigenvalue weighted by Crippen LogP contribution is -2.60. The van der Waals surface area contributed by atoms with E-state index in [1.54, 1.807) is 38.3 Å². The van der Waals surface area contributed by atoms with Gasteiger partial charge in [-0.1, -0.05) is 11.6 Å². The van der Waals surface area contributed by atoms with Crippen LogP contribution in [0.15, 0.2) is 18.3 Å². The third-order valence-corrected chi connectivity index (χ3v) is 9.93. The summed E-state index contributed by atoms with van der Waals surface area (Å²) >= 11 is 6.46. The monoisotopic (exact) mass is 596 g/mol. The molecule has 0 amide bonds. The minimum Gasteiger partial charge on any atom is -0.389 e. The number of aromatic nitrogens is 4. The van der Waals surface area contributed by atoms with Crippen molar-refractivity contribution < 1.29 is 27.8 Å². The summed E-state index contributed by atoms with van der Waals surface area (Å²) in [4.78, 5) is 13.2. The zero-order valence-corrected chi connectivity index (χ0v) is 24.7. The summed E-state index contributed by atoms with van der Waals surface area (Å²) in [6, 6.07) is 1.54. The first-order valence-electron chi connectivity index (χ1n) is 13.2. The van der Waals surface area contributed by atoms with E-state index in [-0.39, 0.29) is 41.3 Å². The zero-order valence-electron chi connectivity index (χ0n) is 23.1. The summed E-state index contributed by atoms with van der Waals surface area (Å²) in [5.41, 5.74) is -0.0525. The van der Waals surface area contributed by atoms with Crippen molar-refractivity contribution in [3.8, 4) is 11.3 Å². The van der Waals surface area contributed by atoms with E-state index in [0.29, 0.717) is 16.9 Å². The Kier molecular flexibility index (Phi) is 7.37. The van der Waals surface area contributed by atoms with Gasteiger partial charge in [-0.25, -0.2) is 27.8 Å². The average Bonchev–Trinajstić information content (AvgIpc) is 3.43. The van der Waals surface area contributed by atoms with E-state index in [9.17, 15) is 18.6 Å². The average molecular weight is 597 g/mol. The molecule has 2 aliphatic heterocycles. The molecule has 2 bridgehead atoms. The maximum Gasteiger partial charge on any atom is 0.223 e. The Labute approximate surface area is 237 Å². The van der Waals surface area contributed by atoms with Crippen LogP contribution in [0.3, 0.4) is 0 Å². The molecule has 3 N–H and O–H groups in total. The number of benzene rings is 1. The highest BCUT2D eigenvalue weighted by atomic mass is 35.5. The first-order valence-corrected chi connectivity index (χ1v) is 15.0. The summed E-state index contributed by atoms with van der Waals surface area (Å²) in [5, 5.41) is 24.4. The first kappa shape index (κ1) is 29.1.